The summed E-state index contributed by atoms with van der Waals surface area (Å²) < 4.78 is 33.2. The van der Waals surface area contributed by atoms with E-state index in [1.165, 1.54) is 27.8 Å². The smallest absolute Gasteiger partial charge is 0.244 e. The van der Waals surface area contributed by atoms with Crippen LogP contribution >= 0.6 is 32.3 Å². The highest BCUT2D eigenvalue weighted by Gasteiger charge is 2.20. The van der Waals surface area contributed by atoms with Gasteiger partial charge >= 0.3 is 0 Å². The van der Waals surface area contributed by atoms with E-state index in [9.17, 15) is 8.42 Å². The molecule has 2 aromatic carbocycles. The number of rotatable bonds is 10. The van der Waals surface area contributed by atoms with Crippen molar-refractivity contribution in [2.45, 2.75) is 42.4 Å². The molecule has 0 aliphatic carbocycles. The number of fused-ring (bicyclic) bond motifs is 3. The molecular weight excluding hydrogens is 505 g/mol. The van der Waals surface area contributed by atoms with Crippen LogP contribution in [0.4, 0.5) is 5.13 Å². The summed E-state index contributed by atoms with van der Waals surface area (Å²) in [4.78, 5) is 7.72. The van der Waals surface area contributed by atoms with Gasteiger partial charge in [0.2, 0.25) is 10.0 Å². The summed E-state index contributed by atoms with van der Waals surface area (Å²) in [5.41, 5.74) is 3.22. The number of nitrogens with zero attached hydrogens (tertiary/aromatic N) is 1. The first-order chi connectivity index (χ1) is 16.4. The van der Waals surface area contributed by atoms with Crippen LogP contribution in [-0.2, 0) is 16.4 Å². The largest absolute Gasteiger partial charge is 0.495 e. The highest BCUT2D eigenvalue weighted by Crippen LogP contribution is 2.40. The summed E-state index contributed by atoms with van der Waals surface area (Å²) in [5.74, 6) is 1.43. The Morgan fingerprint density at radius 1 is 1.12 bits per heavy atom. The first-order valence-electron chi connectivity index (χ1n) is 11.3. The lowest BCUT2D eigenvalue weighted by Gasteiger charge is -2.11. The molecule has 1 unspecified atom stereocenters. The Kier molecular flexibility index (Phi) is 8.53. The van der Waals surface area contributed by atoms with Gasteiger partial charge in [0.1, 0.15) is 10.6 Å². The van der Waals surface area contributed by atoms with Gasteiger partial charge in [-0.05, 0) is 61.3 Å². The number of ether oxygens (including phenoxy) is 1. The molecule has 0 fully saturated rings. The first-order valence-corrected chi connectivity index (χ1v) is 15.1. The Hall–Kier alpha value is -1.64. The Morgan fingerprint density at radius 3 is 2.76 bits per heavy atom. The van der Waals surface area contributed by atoms with Gasteiger partial charge < -0.3 is 10.1 Å². The van der Waals surface area contributed by atoms with Crippen LogP contribution in [0.2, 0.25) is 0 Å². The molecular formula is C24H30N3O3PS3. The van der Waals surface area contributed by atoms with Gasteiger partial charge in [0.15, 0.2) is 5.13 Å². The molecule has 4 rings (SSSR count). The van der Waals surface area contributed by atoms with Crippen LogP contribution in [0.5, 0.6) is 5.75 Å². The third kappa shape index (κ3) is 6.13. The van der Waals surface area contributed by atoms with Gasteiger partial charge in [0, 0.05) is 34.2 Å². The van der Waals surface area contributed by atoms with Crippen molar-refractivity contribution >= 4 is 52.8 Å². The van der Waals surface area contributed by atoms with Gasteiger partial charge in [-0.15, -0.1) is 32.3 Å². The Balaban J connectivity index is 1.24. The summed E-state index contributed by atoms with van der Waals surface area (Å²) in [6, 6.07) is 11.7. The second kappa shape index (κ2) is 11.4. The molecule has 3 aromatic rings. The van der Waals surface area contributed by atoms with Crippen molar-refractivity contribution in [2.24, 2.45) is 0 Å². The summed E-state index contributed by atoms with van der Waals surface area (Å²) in [6.07, 6.45) is 3.67. The molecule has 1 aliphatic heterocycles. The number of anilines is 1. The molecule has 6 nitrogen and oxygen atoms in total. The van der Waals surface area contributed by atoms with Crippen LogP contribution in [0.15, 0.2) is 46.2 Å². The zero-order chi connectivity index (χ0) is 24.1. The fourth-order valence-corrected chi connectivity index (χ4v) is 7.54. The van der Waals surface area contributed by atoms with E-state index in [0.29, 0.717) is 12.3 Å². The minimum Gasteiger partial charge on any atom is -0.495 e. The number of thiazole rings is 1. The number of sulfonamides is 1. The normalized spacial score (nSPS) is 13.1. The van der Waals surface area contributed by atoms with Crippen LogP contribution in [0.3, 0.4) is 0 Å². The average molecular weight is 536 g/mol. The molecule has 0 saturated carbocycles. The molecule has 1 aromatic heterocycles. The maximum absolute atomic E-state index is 12.7. The minimum atomic E-state index is -3.60. The Labute approximate surface area is 212 Å². The third-order valence-electron chi connectivity index (χ3n) is 5.57. The number of methoxy groups -OCH3 is 1. The van der Waals surface area contributed by atoms with Gasteiger partial charge in [-0.2, -0.15) is 0 Å². The molecule has 0 amide bonds. The number of thioether (sulfide) groups is 1. The molecule has 2 heterocycles. The highest BCUT2D eigenvalue weighted by atomic mass is 32.2. The fraction of sp³-hybridized carbons (Fsp3) is 0.375. The zero-order valence-corrected chi connectivity index (χ0v) is 23.0. The minimum absolute atomic E-state index is 0.189. The van der Waals surface area contributed by atoms with Crippen molar-refractivity contribution in [3.63, 3.8) is 0 Å². The molecule has 0 bridgehead atoms. The maximum atomic E-state index is 12.7. The van der Waals surface area contributed by atoms with E-state index in [-0.39, 0.29) is 4.90 Å². The number of aryl methyl sites for hydroxylation is 2. The van der Waals surface area contributed by atoms with Crippen molar-refractivity contribution in [3.8, 4) is 17.0 Å². The SMILES string of the molecule is COc1ccc(C)cc1S(=O)(=O)NCCCCCNc1nc2c(s1)CCSc1ccc(P)cc1-2. The van der Waals surface area contributed by atoms with E-state index in [1.807, 2.05) is 24.8 Å². The van der Waals surface area contributed by atoms with Crippen molar-refractivity contribution in [2.75, 3.05) is 31.3 Å². The van der Waals surface area contributed by atoms with Crippen LogP contribution in [0.25, 0.3) is 11.3 Å². The Bertz CT molecular complexity index is 1260. The van der Waals surface area contributed by atoms with E-state index in [1.54, 1.807) is 23.5 Å². The average Bonchev–Trinajstić information content (AvgIpc) is 3.14. The molecule has 10 heteroatoms. The molecule has 0 spiro atoms. The summed E-state index contributed by atoms with van der Waals surface area (Å²) >= 11 is 3.64. The molecule has 34 heavy (non-hydrogen) atoms. The summed E-state index contributed by atoms with van der Waals surface area (Å²) in [6.45, 7) is 3.08. The monoisotopic (exact) mass is 535 g/mol. The van der Waals surface area contributed by atoms with Crippen LogP contribution in [0, 0.1) is 6.92 Å². The lowest BCUT2D eigenvalue weighted by molar-refractivity contribution is 0.402. The molecule has 2 N–H and O–H groups in total. The van der Waals surface area contributed by atoms with Crippen molar-refractivity contribution in [1.82, 2.24) is 9.71 Å². The van der Waals surface area contributed by atoms with Gasteiger partial charge in [0.05, 0.1) is 12.8 Å². The van der Waals surface area contributed by atoms with Crippen molar-refractivity contribution < 1.29 is 13.2 Å². The number of unbranched alkanes of at least 4 members (excludes halogenated alkanes) is 2. The van der Waals surface area contributed by atoms with E-state index >= 15 is 0 Å². The predicted octanol–water partition coefficient (Wildman–Crippen LogP) is 4.84. The van der Waals surface area contributed by atoms with Crippen LogP contribution in [0.1, 0.15) is 29.7 Å². The quantitative estimate of drug-likeness (QED) is 0.286. The number of hydrogen-bond acceptors (Lipinski definition) is 7. The van der Waals surface area contributed by atoms with Gasteiger partial charge in [-0.1, -0.05) is 18.6 Å². The van der Waals surface area contributed by atoms with Gasteiger partial charge in [0.25, 0.3) is 0 Å². The van der Waals surface area contributed by atoms with E-state index in [4.69, 9.17) is 9.72 Å². The number of hydrogen-bond donors (Lipinski definition) is 2. The number of aromatic nitrogens is 1. The lowest BCUT2D eigenvalue weighted by atomic mass is 10.1. The highest BCUT2D eigenvalue weighted by molar-refractivity contribution is 7.99. The van der Waals surface area contributed by atoms with Crippen molar-refractivity contribution in [3.05, 3.63) is 46.8 Å². The third-order valence-corrected chi connectivity index (χ3v) is 9.56. The number of nitrogens with one attached hydrogen (secondary N) is 2. The van der Waals surface area contributed by atoms with E-state index in [0.717, 1.165) is 54.4 Å². The molecule has 182 valence electrons. The van der Waals surface area contributed by atoms with E-state index in [2.05, 4.69) is 37.5 Å². The Morgan fingerprint density at radius 2 is 1.94 bits per heavy atom. The number of benzene rings is 2. The maximum Gasteiger partial charge on any atom is 0.244 e. The van der Waals surface area contributed by atoms with E-state index < -0.39 is 10.0 Å². The lowest BCUT2D eigenvalue weighted by Crippen LogP contribution is -2.25. The molecule has 0 radical (unpaired) electrons. The summed E-state index contributed by atoms with van der Waals surface area (Å²) in [5, 5.41) is 5.60. The molecule has 1 atom stereocenters. The standard InChI is InChI=1S/C24H30N3O3PS3/c1-16-6-8-19(30-2)22(14-16)34(28,29)26-12-5-3-4-11-25-24-27-23-18-15-17(31)7-9-20(18)32-13-10-21(23)33-24/h6-9,14-15,26H,3-5,10-13,31H2,1-2H3,(H,25,27). The van der Waals surface area contributed by atoms with Crippen LogP contribution in [-0.4, -0.2) is 39.4 Å². The topological polar surface area (TPSA) is 80.3 Å². The van der Waals surface area contributed by atoms with Crippen molar-refractivity contribution in [1.29, 1.82) is 0 Å². The predicted molar refractivity (Wildman–Crippen MR) is 147 cm³/mol. The van der Waals surface area contributed by atoms with Crippen LogP contribution < -0.4 is 20.1 Å². The molecule has 0 saturated heterocycles. The van der Waals surface area contributed by atoms with Gasteiger partial charge in [-0.25, -0.2) is 18.1 Å². The second-order valence-electron chi connectivity index (χ2n) is 8.18. The summed E-state index contributed by atoms with van der Waals surface area (Å²) in [7, 11) is 0.658. The second-order valence-corrected chi connectivity index (χ2v) is 12.8. The fourth-order valence-electron chi connectivity index (χ4n) is 3.82. The zero-order valence-electron chi connectivity index (χ0n) is 19.4. The first kappa shape index (κ1) is 25.5. The van der Waals surface area contributed by atoms with Gasteiger partial charge in [-0.3, -0.25) is 0 Å². The molecule has 1 aliphatic rings.